The molecule has 0 saturated carbocycles. The monoisotopic (exact) mass is 232 g/mol. The molecule has 3 rings (SSSR count). The Kier molecular flexibility index (Phi) is 2.84. The van der Waals surface area contributed by atoms with Crippen molar-refractivity contribution in [3.8, 4) is 0 Å². The molecule has 0 N–H and O–H groups in total. The molecule has 0 bridgehead atoms. The maximum atomic E-state index is 4.47. The third-order valence-electron chi connectivity index (χ3n) is 2.84. The normalized spacial score (nSPS) is 13.4. The van der Waals surface area contributed by atoms with Gasteiger partial charge < -0.3 is 4.90 Å². The van der Waals surface area contributed by atoms with Crippen LogP contribution in [0.4, 0.5) is 5.69 Å². The predicted molar refractivity (Wildman–Crippen MR) is 71.3 cm³/mol. The van der Waals surface area contributed by atoms with Crippen LogP contribution in [0.2, 0.25) is 0 Å². The summed E-state index contributed by atoms with van der Waals surface area (Å²) in [7, 11) is 2.11. The number of likely N-dealkylation sites (N-methyl/N-ethyl adjacent to an activating group) is 1. The van der Waals surface area contributed by atoms with Crippen LogP contribution in [0, 0.1) is 0 Å². The third-order valence-corrected chi connectivity index (χ3v) is 2.84. The Morgan fingerprint density at radius 1 is 1.25 bits per heavy atom. The van der Waals surface area contributed by atoms with E-state index < -0.39 is 0 Å². The number of hydrogen-bond donors (Lipinski definition) is 0. The van der Waals surface area contributed by atoms with Gasteiger partial charge in [-0.15, -0.1) is 12.4 Å². The van der Waals surface area contributed by atoms with E-state index >= 15 is 0 Å². The minimum absolute atomic E-state index is 0. The number of nitrogens with zero attached hydrogens (tertiary/aromatic N) is 2. The summed E-state index contributed by atoms with van der Waals surface area (Å²) in [6.07, 6.45) is 6.20. The molecular formula is C13H13ClN2. The zero-order valence-electron chi connectivity index (χ0n) is 9.05. The standard InChI is InChI=1S/C13H12N2.ClH/c1-15-9-3-5-11-7-6-10-4-2-8-14-12(10)13(11)15;/h2-8H,9H2,1H3;1H. The van der Waals surface area contributed by atoms with Crippen LogP contribution in [0.3, 0.4) is 0 Å². The summed E-state index contributed by atoms with van der Waals surface area (Å²) in [6, 6.07) is 8.37. The van der Waals surface area contributed by atoms with Crippen molar-refractivity contribution in [3.05, 3.63) is 42.1 Å². The maximum Gasteiger partial charge on any atom is 0.0941 e. The minimum Gasteiger partial charge on any atom is -0.369 e. The number of halogens is 1. The summed E-state index contributed by atoms with van der Waals surface area (Å²) < 4.78 is 0. The first kappa shape index (κ1) is 11.0. The van der Waals surface area contributed by atoms with Gasteiger partial charge in [0.05, 0.1) is 11.2 Å². The predicted octanol–water partition coefficient (Wildman–Crippen LogP) is 3.12. The number of pyridine rings is 1. The van der Waals surface area contributed by atoms with Crippen LogP contribution in [0.5, 0.6) is 0 Å². The van der Waals surface area contributed by atoms with Crippen LogP contribution < -0.4 is 4.90 Å². The molecule has 0 unspecified atom stereocenters. The number of anilines is 1. The van der Waals surface area contributed by atoms with Crippen LogP contribution in [0.25, 0.3) is 17.0 Å². The average molecular weight is 233 g/mol. The SMILES string of the molecule is CN1CC=Cc2ccc3cccnc3c21.Cl. The lowest BCUT2D eigenvalue weighted by atomic mass is 10.0. The zero-order valence-corrected chi connectivity index (χ0v) is 9.87. The highest BCUT2D eigenvalue weighted by Gasteiger charge is 2.13. The molecule has 1 aromatic heterocycles. The second kappa shape index (κ2) is 4.14. The van der Waals surface area contributed by atoms with E-state index in [0.717, 1.165) is 12.1 Å². The highest BCUT2D eigenvalue weighted by Crippen LogP contribution is 2.31. The van der Waals surface area contributed by atoms with E-state index in [4.69, 9.17) is 0 Å². The largest absolute Gasteiger partial charge is 0.369 e. The molecule has 0 atom stereocenters. The molecule has 0 fully saturated rings. The van der Waals surface area contributed by atoms with Gasteiger partial charge in [0.15, 0.2) is 0 Å². The van der Waals surface area contributed by atoms with Crippen LogP contribution in [-0.2, 0) is 0 Å². The summed E-state index contributed by atoms with van der Waals surface area (Å²) in [5.74, 6) is 0. The van der Waals surface area contributed by atoms with Crippen molar-refractivity contribution < 1.29 is 0 Å². The molecule has 82 valence electrons. The van der Waals surface area contributed by atoms with Crippen LogP contribution >= 0.6 is 12.4 Å². The van der Waals surface area contributed by atoms with Gasteiger partial charge in [0.2, 0.25) is 0 Å². The molecule has 0 aliphatic carbocycles. The molecule has 1 aliphatic rings. The lowest BCUT2D eigenvalue weighted by molar-refractivity contribution is 1.02. The number of hydrogen-bond acceptors (Lipinski definition) is 2. The lowest BCUT2D eigenvalue weighted by Gasteiger charge is -2.24. The van der Waals surface area contributed by atoms with Crippen molar-refractivity contribution in [2.75, 3.05) is 18.5 Å². The average Bonchev–Trinajstić information content (AvgIpc) is 2.29. The van der Waals surface area contributed by atoms with Crippen molar-refractivity contribution in [2.24, 2.45) is 0 Å². The summed E-state index contributed by atoms with van der Waals surface area (Å²) in [5.41, 5.74) is 3.60. The Bertz CT molecular complexity index is 549. The molecule has 0 spiro atoms. The van der Waals surface area contributed by atoms with E-state index in [2.05, 4.69) is 47.3 Å². The maximum absolute atomic E-state index is 4.47. The van der Waals surface area contributed by atoms with Gasteiger partial charge in [0.25, 0.3) is 0 Å². The van der Waals surface area contributed by atoms with Crippen molar-refractivity contribution in [3.63, 3.8) is 0 Å². The van der Waals surface area contributed by atoms with Crippen LogP contribution in [-0.4, -0.2) is 18.6 Å². The second-order valence-corrected chi connectivity index (χ2v) is 3.86. The minimum atomic E-state index is 0. The van der Waals surface area contributed by atoms with E-state index in [1.54, 1.807) is 0 Å². The van der Waals surface area contributed by atoms with Gasteiger partial charge in [0.1, 0.15) is 0 Å². The Morgan fingerprint density at radius 3 is 3.00 bits per heavy atom. The van der Waals surface area contributed by atoms with Crippen LogP contribution in [0.15, 0.2) is 36.5 Å². The summed E-state index contributed by atoms with van der Waals surface area (Å²) >= 11 is 0. The molecule has 1 aromatic carbocycles. The van der Waals surface area contributed by atoms with Crippen molar-refractivity contribution in [1.82, 2.24) is 4.98 Å². The summed E-state index contributed by atoms with van der Waals surface area (Å²) in [6.45, 7) is 0.961. The molecule has 2 aromatic rings. The summed E-state index contributed by atoms with van der Waals surface area (Å²) in [4.78, 5) is 6.71. The highest BCUT2D eigenvalue weighted by molar-refractivity contribution is 5.96. The van der Waals surface area contributed by atoms with Crippen LogP contribution in [0.1, 0.15) is 5.56 Å². The number of fused-ring (bicyclic) bond motifs is 3. The molecule has 1 aliphatic heterocycles. The Morgan fingerprint density at radius 2 is 2.12 bits per heavy atom. The molecule has 2 nitrogen and oxygen atoms in total. The Labute approximate surface area is 101 Å². The zero-order chi connectivity index (χ0) is 10.3. The quantitative estimate of drug-likeness (QED) is 0.694. The second-order valence-electron chi connectivity index (χ2n) is 3.86. The van der Waals surface area contributed by atoms with E-state index in [1.165, 1.54) is 16.6 Å². The van der Waals surface area contributed by atoms with E-state index in [1.807, 2.05) is 12.3 Å². The first-order chi connectivity index (χ1) is 7.36. The molecule has 0 amide bonds. The van der Waals surface area contributed by atoms with Gasteiger partial charge in [-0.05, 0) is 11.6 Å². The summed E-state index contributed by atoms with van der Waals surface area (Å²) in [5, 5.41) is 1.21. The number of aromatic nitrogens is 1. The third kappa shape index (κ3) is 1.55. The van der Waals surface area contributed by atoms with Crippen molar-refractivity contribution in [2.45, 2.75) is 0 Å². The molecule has 0 radical (unpaired) electrons. The topological polar surface area (TPSA) is 16.1 Å². The molecule has 2 heterocycles. The Hall–Kier alpha value is -1.54. The van der Waals surface area contributed by atoms with Crippen molar-refractivity contribution in [1.29, 1.82) is 0 Å². The Balaban J connectivity index is 0.000000963. The molecular weight excluding hydrogens is 220 g/mol. The van der Waals surface area contributed by atoms with Gasteiger partial charge in [-0.2, -0.15) is 0 Å². The van der Waals surface area contributed by atoms with Gasteiger partial charge in [0, 0.05) is 25.2 Å². The van der Waals surface area contributed by atoms with E-state index in [-0.39, 0.29) is 12.4 Å². The lowest BCUT2D eigenvalue weighted by Crippen LogP contribution is -2.20. The smallest absolute Gasteiger partial charge is 0.0941 e. The van der Waals surface area contributed by atoms with Gasteiger partial charge in [-0.25, -0.2) is 0 Å². The highest BCUT2D eigenvalue weighted by atomic mass is 35.5. The van der Waals surface area contributed by atoms with Gasteiger partial charge >= 0.3 is 0 Å². The van der Waals surface area contributed by atoms with Gasteiger partial charge in [-0.1, -0.05) is 30.4 Å². The fraction of sp³-hybridized carbons (Fsp3) is 0.154. The van der Waals surface area contributed by atoms with Crippen molar-refractivity contribution >= 4 is 35.1 Å². The molecule has 3 heteroatoms. The van der Waals surface area contributed by atoms with E-state index in [0.29, 0.717) is 0 Å². The number of rotatable bonds is 0. The molecule has 16 heavy (non-hydrogen) atoms. The van der Waals surface area contributed by atoms with Gasteiger partial charge in [-0.3, -0.25) is 4.98 Å². The fourth-order valence-corrected chi connectivity index (χ4v) is 2.11. The first-order valence-electron chi connectivity index (χ1n) is 5.12. The fourth-order valence-electron chi connectivity index (χ4n) is 2.11. The first-order valence-corrected chi connectivity index (χ1v) is 5.12. The van der Waals surface area contributed by atoms with E-state index in [9.17, 15) is 0 Å². The number of benzene rings is 1. The molecule has 0 saturated heterocycles.